The third kappa shape index (κ3) is 3.92. The summed E-state index contributed by atoms with van der Waals surface area (Å²) in [6.45, 7) is 0.911. The van der Waals surface area contributed by atoms with Crippen LogP contribution in [-0.2, 0) is 0 Å². The molecule has 0 aromatic carbocycles. The van der Waals surface area contributed by atoms with Crippen LogP contribution in [0.4, 0.5) is 5.82 Å². The van der Waals surface area contributed by atoms with E-state index >= 15 is 0 Å². The van der Waals surface area contributed by atoms with Crippen LogP contribution in [0, 0.1) is 15.9 Å². The molecule has 1 heterocycles. The predicted octanol–water partition coefficient (Wildman–Crippen LogP) is 2.30. The maximum Gasteiger partial charge on any atom is 0.142 e. The average Bonchev–Trinajstić information content (AvgIpc) is 2.20. The summed E-state index contributed by atoms with van der Waals surface area (Å²) in [4.78, 5) is 8.04. The van der Waals surface area contributed by atoms with Gasteiger partial charge in [0.05, 0.1) is 3.57 Å². The van der Waals surface area contributed by atoms with E-state index in [0.29, 0.717) is 0 Å². The van der Waals surface area contributed by atoms with Gasteiger partial charge in [-0.3, -0.25) is 0 Å². The zero-order valence-corrected chi connectivity index (χ0v) is 9.99. The Morgan fingerprint density at radius 2 is 2.36 bits per heavy atom. The summed E-state index contributed by atoms with van der Waals surface area (Å²) in [7, 11) is 0. The third-order valence-electron chi connectivity index (χ3n) is 1.71. The molecule has 1 aromatic heterocycles. The zero-order valence-electron chi connectivity index (χ0n) is 7.83. The van der Waals surface area contributed by atoms with E-state index in [1.54, 1.807) is 12.5 Å². The number of aromatic nitrogens is 2. The lowest BCUT2D eigenvalue weighted by molar-refractivity contribution is 0.786. The number of terminal acetylenes is 1. The highest BCUT2D eigenvalue weighted by molar-refractivity contribution is 14.1. The monoisotopic (exact) mass is 301 g/mol. The van der Waals surface area contributed by atoms with E-state index in [-0.39, 0.29) is 0 Å². The molecule has 74 valence electrons. The molecule has 0 bridgehead atoms. The van der Waals surface area contributed by atoms with Crippen LogP contribution in [-0.4, -0.2) is 16.5 Å². The maximum absolute atomic E-state index is 5.15. The van der Waals surface area contributed by atoms with Crippen molar-refractivity contribution in [3.05, 3.63) is 16.1 Å². The van der Waals surface area contributed by atoms with Crippen LogP contribution in [0.1, 0.15) is 19.3 Å². The first-order chi connectivity index (χ1) is 6.84. The predicted molar refractivity (Wildman–Crippen MR) is 65.9 cm³/mol. The van der Waals surface area contributed by atoms with Crippen molar-refractivity contribution >= 4 is 28.4 Å². The van der Waals surface area contributed by atoms with E-state index in [2.05, 4.69) is 43.8 Å². The maximum atomic E-state index is 5.15. The summed E-state index contributed by atoms with van der Waals surface area (Å²) < 4.78 is 1.04. The van der Waals surface area contributed by atoms with Crippen molar-refractivity contribution in [1.29, 1.82) is 0 Å². The highest BCUT2D eigenvalue weighted by Gasteiger charge is 1.98. The van der Waals surface area contributed by atoms with Crippen molar-refractivity contribution in [2.45, 2.75) is 19.3 Å². The van der Waals surface area contributed by atoms with Gasteiger partial charge in [0.15, 0.2) is 0 Å². The molecule has 0 fully saturated rings. The number of nitrogens with one attached hydrogen (secondary N) is 1. The van der Waals surface area contributed by atoms with Crippen LogP contribution in [0.2, 0.25) is 0 Å². The number of hydrogen-bond donors (Lipinski definition) is 1. The minimum atomic E-state index is 0.850. The number of halogens is 1. The van der Waals surface area contributed by atoms with Gasteiger partial charge in [0.1, 0.15) is 12.1 Å². The first-order valence-corrected chi connectivity index (χ1v) is 5.55. The molecule has 0 spiro atoms. The van der Waals surface area contributed by atoms with Crippen molar-refractivity contribution in [2.24, 2.45) is 0 Å². The fourth-order valence-corrected chi connectivity index (χ4v) is 1.49. The van der Waals surface area contributed by atoms with Crippen molar-refractivity contribution < 1.29 is 0 Å². The molecule has 1 aromatic rings. The van der Waals surface area contributed by atoms with Gasteiger partial charge in [-0.15, -0.1) is 12.3 Å². The number of nitrogens with zero attached hydrogens (tertiary/aromatic N) is 2. The van der Waals surface area contributed by atoms with Crippen LogP contribution in [0.15, 0.2) is 12.5 Å². The van der Waals surface area contributed by atoms with Crippen molar-refractivity contribution in [3.63, 3.8) is 0 Å². The van der Waals surface area contributed by atoms with Crippen LogP contribution in [0.5, 0.6) is 0 Å². The normalized spacial score (nSPS) is 9.43. The topological polar surface area (TPSA) is 37.8 Å². The SMILES string of the molecule is C#CCCCCNc1ncncc1I. The number of hydrogen-bond acceptors (Lipinski definition) is 3. The molecule has 1 rings (SSSR count). The third-order valence-corrected chi connectivity index (χ3v) is 2.50. The molecule has 0 atom stereocenters. The molecule has 0 aliphatic carbocycles. The molecule has 0 aliphatic rings. The molecule has 0 saturated carbocycles. The highest BCUT2D eigenvalue weighted by atomic mass is 127. The molecule has 4 heteroatoms. The summed E-state index contributed by atoms with van der Waals surface area (Å²) in [6.07, 6.45) is 11.5. The van der Waals surface area contributed by atoms with E-state index in [0.717, 1.165) is 35.2 Å². The smallest absolute Gasteiger partial charge is 0.142 e. The average molecular weight is 301 g/mol. The van der Waals surface area contributed by atoms with Crippen molar-refractivity contribution in [2.75, 3.05) is 11.9 Å². The fraction of sp³-hybridized carbons (Fsp3) is 0.400. The minimum Gasteiger partial charge on any atom is -0.369 e. The lowest BCUT2D eigenvalue weighted by Gasteiger charge is -2.05. The van der Waals surface area contributed by atoms with Gasteiger partial charge in [0.25, 0.3) is 0 Å². The Hall–Kier alpha value is -0.830. The Morgan fingerprint density at radius 3 is 3.07 bits per heavy atom. The molecule has 0 amide bonds. The molecule has 0 radical (unpaired) electrons. The van der Waals surface area contributed by atoms with Gasteiger partial charge in [-0.05, 0) is 35.4 Å². The van der Waals surface area contributed by atoms with E-state index in [1.165, 1.54) is 0 Å². The summed E-state index contributed by atoms with van der Waals surface area (Å²) in [6, 6.07) is 0. The molecule has 1 N–H and O–H groups in total. The lowest BCUT2D eigenvalue weighted by atomic mass is 10.2. The van der Waals surface area contributed by atoms with E-state index in [4.69, 9.17) is 6.42 Å². The van der Waals surface area contributed by atoms with Crippen molar-refractivity contribution in [1.82, 2.24) is 9.97 Å². The van der Waals surface area contributed by atoms with Gasteiger partial charge in [-0.2, -0.15) is 0 Å². The van der Waals surface area contributed by atoms with Gasteiger partial charge >= 0.3 is 0 Å². The lowest BCUT2D eigenvalue weighted by Crippen LogP contribution is -2.04. The first-order valence-electron chi connectivity index (χ1n) is 4.47. The molecule has 0 aliphatic heterocycles. The molecule has 0 saturated heterocycles. The van der Waals surface area contributed by atoms with Gasteiger partial charge in [-0.1, -0.05) is 0 Å². The minimum absolute atomic E-state index is 0.850. The molecule has 0 unspecified atom stereocenters. The van der Waals surface area contributed by atoms with E-state index < -0.39 is 0 Å². The van der Waals surface area contributed by atoms with E-state index in [9.17, 15) is 0 Å². The number of unbranched alkanes of at least 4 members (excludes halogenated alkanes) is 2. The van der Waals surface area contributed by atoms with Crippen LogP contribution < -0.4 is 5.32 Å². The quantitative estimate of drug-likeness (QED) is 0.515. The standard InChI is InChI=1S/C10H12IN3/c1-2-3-4-5-6-13-10-9(11)7-12-8-14-10/h1,7-8H,3-6H2,(H,12,13,14). The van der Waals surface area contributed by atoms with Crippen molar-refractivity contribution in [3.8, 4) is 12.3 Å². The second-order valence-electron chi connectivity index (χ2n) is 2.81. The summed E-state index contributed by atoms with van der Waals surface area (Å²) in [5.41, 5.74) is 0. The number of rotatable bonds is 5. The Labute approximate surface area is 97.9 Å². The molecular formula is C10H12IN3. The molecule has 3 nitrogen and oxygen atoms in total. The molecule has 14 heavy (non-hydrogen) atoms. The second kappa shape index (κ2) is 6.60. The van der Waals surface area contributed by atoms with Gasteiger partial charge in [-0.25, -0.2) is 9.97 Å². The highest BCUT2D eigenvalue weighted by Crippen LogP contribution is 2.12. The number of anilines is 1. The Balaban J connectivity index is 2.25. The van der Waals surface area contributed by atoms with Gasteiger partial charge < -0.3 is 5.32 Å². The van der Waals surface area contributed by atoms with E-state index in [1.807, 2.05) is 0 Å². The van der Waals surface area contributed by atoms with Gasteiger partial charge in [0, 0.05) is 19.2 Å². The second-order valence-corrected chi connectivity index (χ2v) is 3.97. The summed E-state index contributed by atoms with van der Waals surface area (Å²) >= 11 is 2.21. The van der Waals surface area contributed by atoms with Crippen LogP contribution in [0.3, 0.4) is 0 Å². The van der Waals surface area contributed by atoms with Crippen LogP contribution in [0.25, 0.3) is 0 Å². The fourth-order valence-electron chi connectivity index (χ4n) is 1.00. The largest absolute Gasteiger partial charge is 0.369 e. The summed E-state index contributed by atoms with van der Waals surface area (Å²) in [5.74, 6) is 3.53. The summed E-state index contributed by atoms with van der Waals surface area (Å²) in [5, 5.41) is 3.24. The Kier molecular flexibility index (Phi) is 5.30. The molecular weight excluding hydrogens is 289 g/mol. The first kappa shape index (κ1) is 11.2. The Morgan fingerprint density at radius 1 is 1.50 bits per heavy atom. The van der Waals surface area contributed by atoms with Crippen LogP contribution >= 0.6 is 22.6 Å². The zero-order chi connectivity index (χ0) is 10.2. The van der Waals surface area contributed by atoms with Gasteiger partial charge in [0.2, 0.25) is 0 Å². The Bertz CT molecular complexity index is 319.